The molecule has 0 spiro atoms. The van der Waals surface area contributed by atoms with Crippen LogP contribution >= 0.6 is 23.1 Å². The number of nitrogens with one attached hydrogen (secondary N) is 1. The van der Waals surface area contributed by atoms with E-state index in [4.69, 9.17) is 4.74 Å². The number of hydrogen-bond acceptors (Lipinski definition) is 5. The Kier molecular flexibility index (Phi) is 7.49. The number of carbonyl (C=O) groups excluding carboxylic acids is 1. The molecule has 1 aromatic heterocycles. The second-order valence-corrected chi connectivity index (χ2v) is 8.49. The molecule has 150 valence electrons. The fraction of sp³-hybridized carbons (Fsp3) is 0.217. The fourth-order valence-electron chi connectivity index (χ4n) is 2.62. The summed E-state index contributed by atoms with van der Waals surface area (Å²) in [6.45, 7) is 3.99. The second kappa shape index (κ2) is 10.3. The lowest BCUT2D eigenvalue weighted by Crippen LogP contribution is -2.12. The van der Waals surface area contributed by atoms with Crippen LogP contribution in [0.4, 0.5) is 5.13 Å². The number of ether oxygens (including phenoxy) is 1. The van der Waals surface area contributed by atoms with Crippen molar-refractivity contribution < 1.29 is 9.53 Å². The van der Waals surface area contributed by atoms with Crippen LogP contribution in [0, 0.1) is 0 Å². The molecule has 0 saturated heterocycles. The predicted molar refractivity (Wildman–Crippen MR) is 124 cm³/mol. The van der Waals surface area contributed by atoms with E-state index < -0.39 is 0 Å². The summed E-state index contributed by atoms with van der Waals surface area (Å²) in [5.74, 6) is 1.77. The Morgan fingerprint density at radius 2 is 1.90 bits per heavy atom. The smallest absolute Gasteiger partial charge is 0.253 e. The van der Waals surface area contributed by atoms with Crippen molar-refractivity contribution in [2.45, 2.75) is 25.2 Å². The number of hydrogen-bond donors (Lipinski definition) is 1. The maximum absolute atomic E-state index is 12.5. The summed E-state index contributed by atoms with van der Waals surface area (Å²) in [5, 5.41) is 5.40. The van der Waals surface area contributed by atoms with Crippen LogP contribution in [0.5, 0.6) is 5.75 Å². The van der Waals surface area contributed by atoms with E-state index in [9.17, 15) is 4.79 Å². The maximum atomic E-state index is 12.5. The molecule has 0 saturated carbocycles. The van der Waals surface area contributed by atoms with Gasteiger partial charge in [-0.05, 0) is 67.1 Å². The number of methoxy groups -OCH3 is 1. The summed E-state index contributed by atoms with van der Waals surface area (Å²) in [7, 11) is 1.64. The van der Waals surface area contributed by atoms with Crippen LogP contribution < -0.4 is 10.1 Å². The van der Waals surface area contributed by atoms with Gasteiger partial charge in [-0.3, -0.25) is 10.1 Å². The van der Waals surface area contributed by atoms with Crippen LogP contribution in [-0.4, -0.2) is 23.8 Å². The van der Waals surface area contributed by atoms with Gasteiger partial charge in [-0.1, -0.05) is 19.1 Å². The van der Waals surface area contributed by atoms with E-state index in [-0.39, 0.29) is 5.91 Å². The van der Waals surface area contributed by atoms with E-state index in [0.29, 0.717) is 10.7 Å². The number of nitrogens with zero attached hydrogens (tertiary/aromatic N) is 1. The van der Waals surface area contributed by atoms with E-state index in [1.165, 1.54) is 16.2 Å². The molecule has 3 aromatic rings. The third-order valence-corrected chi connectivity index (χ3v) is 6.18. The number of thiazole rings is 1. The van der Waals surface area contributed by atoms with E-state index in [1.54, 1.807) is 7.11 Å². The zero-order chi connectivity index (χ0) is 20.6. The molecule has 29 heavy (non-hydrogen) atoms. The summed E-state index contributed by atoms with van der Waals surface area (Å²) in [6, 6.07) is 16.0. The largest absolute Gasteiger partial charge is 0.497 e. The fourth-order valence-corrected chi connectivity index (χ4v) is 4.10. The Morgan fingerprint density at radius 1 is 1.17 bits per heavy atom. The molecule has 0 aliphatic carbocycles. The maximum Gasteiger partial charge on any atom is 0.253 e. The Bertz CT molecular complexity index is 977. The average molecular weight is 425 g/mol. The molecular weight excluding hydrogens is 400 g/mol. The minimum absolute atomic E-state index is 0.148. The molecule has 1 N–H and O–H groups in total. The van der Waals surface area contributed by atoms with Gasteiger partial charge in [-0.2, -0.15) is 0 Å². The summed E-state index contributed by atoms with van der Waals surface area (Å²) in [4.78, 5) is 18.3. The van der Waals surface area contributed by atoms with Crippen molar-refractivity contribution >= 4 is 40.2 Å². The molecule has 0 unspecified atom stereocenters. The van der Waals surface area contributed by atoms with E-state index in [0.717, 1.165) is 34.7 Å². The van der Waals surface area contributed by atoms with Gasteiger partial charge >= 0.3 is 0 Å². The molecule has 6 heteroatoms. The van der Waals surface area contributed by atoms with E-state index >= 15 is 0 Å². The van der Waals surface area contributed by atoms with Crippen molar-refractivity contribution in [3.8, 4) is 17.0 Å². The van der Waals surface area contributed by atoms with Crippen LogP contribution in [0.3, 0.4) is 0 Å². The van der Waals surface area contributed by atoms with Crippen LogP contribution in [0.2, 0.25) is 0 Å². The van der Waals surface area contributed by atoms with E-state index in [1.807, 2.05) is 66.5 Å². The third kappa shape index (κ3) is 5.95. The molecule has 0 radical (unpaired) electrons. The first-order valence-corrected chi connectivity index (χ1v) is 11.3. The number of thioether (sulfide) groups is 1. The van der Waals surface area contributed by atoms with Crippen LogP contribution in [0.25, 0.3) is 17.3 Å². The van der Waals surface area contributed by atoms with Gasteiger partial charge < -0.3 is 4.74 Å². The van der Waals surface area contributed by atoms with Gasteiger partial charge in [-0.25, -0.2) is 4.98 Å². The number of anilines is 1. The SMILES string of the molecule is CCCSc1ccc(/C=C(\C)C(=O)Nc2nc(-c3ccc(OC)cc3)cs2)cc1. The Labute approximate surface area is 180 Å². The van der Waals surface area contributed by atoms with Gasteiger partial charge in [0.1, 0.15) is 5.75 Å². The standard InChI is InChI=1S/C23H24N2O2S2/c1-4-13-28-20-11-5-17(6-12-20)14-16(2)22(26)25-23-24-21(15-29-23)18-7-9-19(27-3)10-8-18/h5-12,14-15H,4,13H2,1-3H3,(H,24,25,26)/b16-14+. The van der Waals surface area contributed by atoms with Gasteiger partial charge in [-0.15, -0.1) is 23.1 Å². The number of carbonyl (C=O) groups is 1. The monoisotopic (exact) mass is 424 g/mol. The molecule has 0 bridgehead atoms. The van der Waals surface area contributed by atoms with Crippen LogP contribution in [0.1, 0.15) is 25.8 Å². The van der Waals surface area contributed by atoms with Crippen molar-refractivity contribution in [3.05, 3.63) is 65.0 Å². The lowest BCUT2D eigenvalue weighted by Gasteiger charge is -2.04. The zero-order valence-corrected chi connectivity index (χ0v) is 18.4. The third-order valence-electron chi connectivity index (χ3n) is 4.20. The quantitative estimate of drug-likeness (QED) is 0.337. The Morgan fingerprint density at radius 3 is 2.55 bits per heavy atom. The summed E-state index contributed by atoms with van der Waals surface area (Å²) in [6.07, 6.45) is 3.05. The van der Waals surface area contributed by atoms with Crippen LogP contribution in [0.15, 0.2) is 64.4 Å². The van der Waals surface area contributed by atoms with Gasteiger partial charge in [0.25, 0.3) is 5.91 Å². The zero-order valence-electron chi connectivity index (χ0n) is 16.8. The van der Waals surface area contributed by atoms with Crippen molar-refractivity contribution in [3.63, 3.8) is 0 Å². The van der Waals surface area contributed by atoms with Gasteiger partial charge in [0, 0.05) is 21.4 Å². The molecule has 0 atom stereocenters. The lowest BCUT2D eigenvalue weighted by atomic mass is 10.1. The topological polar surface area (TPSA) is 51.2 Å². The molecule has 0 aliphatic heterocycles. The highest BCUT2D eigenvalue weighted by molar-refractivity contribution is 7.99. The summed E-state index contributed by atoms with van der Waals surface area (Å²) < 4.78 is 5.18. The molecule has 1 amide bonds. The number of aromatic nitrogens is 1. The highest BCUT2D eigenvalue weighted by Crippen LogP contribution is 2.27. The summed E-state index contributed by atoms with van der Waals surface area (Å²) >= 11 is 3.26. The average Bonchev–Trinajstić information content (AvgIpc) is 3.21. The van der Waals surface area contributed by atoms with E-state index in [2.05, 4.69) is 29.4 Å². The molecule has 0 fully saturated rings. The Balaban J connectivity index is 1.63. The molecule has 4 nitrogen and oxygen atoms in total. The van der Waals surface area contributed by atoms with Crippen molar-refractivity contribution in [1.82, 2.24) is 4.98 Å². The highest BCUT2D eigenvalue weighted by Gasteiger charge is 2.10. The van der Waals surface area contributed by atoms with Gasteiger partial charge in [0.05, 0.1) is 12.8 Å². The normalized spacial score (nSPS) is 11.3. The van der Waals surface area contributed by atoms with Crippen molar-refractivity contribution in [2.24, 2.45) is 0 Å². The lowest BCUT2D eigenvalue weighted by molar-refractivity contribution is -0.112. The number of benzene rings is 2. The number of amides is 1. The molecular formula is C23H24N2O2S2. The van der Waals surface area contributed by atoms with Gasteiger partial charge in [0.15, 0.2) is 5.13 Å². The van der Waals surface area contributed by atoms with Crippen molar-refractivity contribution in [2.75, 3.05) is 18.2 Å². The molecule has 2 aromatic carbocycles. The molecule has 1 heterocycles. The first kappa shape index (κ1) is 21.1. The first-order valence-electron chi connectivity index (χ1n) is 9.41. The minimum Gasteiger partial charge on any atom is -0.497 e. The first-order chi connectivity index (χ1) is 14.1. The van der Waals surface area contributed by atoms with Gasteiger partial charge in [0.2, 0.25) is 0 Å². The molecule has 0 aliphatic rings. The highest BCUT2D eigenvalue weighted by atomic mass is 32.2. The minimum atomic E-state index is -0.148. The van der Waals surface area contributed by atoms with Crippen molar-refractivity contribution in [1.29, 1.82) is 0 Å². The number of rotatable bonds is 8. The second-order valence-electron chi connectivity index (χ2n) is 6.47. The summed E-state index contributed by atoms with van der Waals surface area (Å²) in [5.41, 5.74) is 3.46. The van der Waals surface area contributed by atoms with Crippen LogP contribution in [-0.2, 0) is 4.79 Å². The Hall–Kier alpha value is -2.57. The molecule has 3 rings (SSSR count). The predicted octanol–water partition coefficient (Wildman–Crippen LogP) is 6.36.